The summed E-state index contributed by atoms with van der Waals surface area (Å²) in [5.74, 6) is 0. The lowest BCUT2D eigenvalue weighted by Crippen LogP contribution is -3.61. The summed E-state index contributed by atoms with van der Waals surface area (Å²) < 4.78 is 6.27. The number of hydrogen-bond acceptors (Lipinski definition) is 2. The smallest absolute Gasteiger partial charge is 0.0962 e. The minimum absolute atomic E-state index is 0.103. The van der Waals surface area contributed by atoms with Crippen LogP contribution in [0, 0.1) is 12.9 Å². The Hall–Kier alpha value is -0.700. The predicted octanol–water partition coefficient (Wildman–Crippen LogP) is -0.267. The van der Waals surface area contributed by atoms with Crippen LogP contribution in [0.25, 0.3) is 11.1 Å². The van der Waals surface area contributed by atoms with E-state index in [-0.39, 0.29) is 42.4 Å². The Morgan fingerprint density at radius 3 is 1.54 bits per heavy atom. The summed E-state index contributed by atoms with van der Waals surface area (Å²) in [6, 6.07) is 26.3. The van der Waals surface area contributed by atoms with Crippen LogP contribution >= 0.6 is 22.7 Å². The quantitative estimate of drug-likeness (QED) is 0.256. The molecule has 0 radical (unpaired) electrons. The maximum Gasteiger partial charge on any atom is 0.381 e. The number of hydrogen-bond donors (Lipinski definition) is 0. The summed E-state index contributed by atoms with van der Waals surface area (Å²) in [5.41, 5.74) is 2.93. The molecule has 0 bridgehead atoms. The van der Waals surface area contributed by atoms with Gasteiger partial charge in [0, 0.05) is 23.3 Å². The molecule has 24 heavy (non-hydrogen) atoms. The molecule has 2 aromatic carbocycles. The molecule has 0 atom stereocenters. The lowest BCUT2D eigenvalue weighted by molar-refractivity contribution is -0.589. The Morgan fingerprint density at radius 2 is 1.08 bits per heavy atom. The summed E-state index contributed by atoms with van der Waals surface area (Å²) >= 11 is 4.00. The Kier molecular flexibility index (Phi) is 5.67. The topological polar surface area (TPSA) is 0 Å². The van der Waals surface area contributed by atoms with Crippen molar-refractivity contribution >= 4 is 22.7 Å². The molecule has 0 fully saturated rings. The molecule has 0 aliphatic carbocycles. The fraction of sp³-hybridized carbons (Fsp3) is 0. The van der Waals surface area contributed by atoms with E-state index in [2.05, 4.69) is 83.6 Å². The first-order chi connectivity index (χ1) is 11.9. The molecule has 118 valence electrons. The van der Waals surface area contributed by atoms with E-state index in [1.54, 1.807) is 12.9 Å². The van der Waals surface area contributed by atoms with E-state index in [1.807, 2.05) is 22.7 Å². The van der Waals surface area contributed by atoms with Gasteiger partial charge in [-0.05, 0) is 47.2 Å². The Labute approximate surface area is 171 Å². The third kappa shape index (κ3) is 3.92. The van der Waals surface area contributed by atoms with Gasteiger partial charge in [-0.2, -0.15) is 0 Å². The van der Waals surface area contributed by atoms with E-state index in [1.165, 1.54) is 11.1 Å². The van der Waals surface area contributed by atoms with Gasteiger partial charge < -0.3 is 0 Å². The van der Waals surface area contributed by atoms with Crippen molar-refractivity contribution in [2.75, 3.05) is 0 Å². The number of fused-ring (bicyclic) bond motifs is 3. The average Bonchev–Trinajstić information content (AvgIpc) is 3.36. The zero-order valence-electron chi connectivity index (χ0n) is 12.7. The molecule has 0 saturated heterocycles. The van der Waals surface area contributed by atoms with Crippen molar-refractivity contribution in [3.8, 4) is 11.1 Å². The zero-order valence-corrected chi connectivity index (χ0v) is 18.6. The van der Waals surface area contributed by atoms with Crippen molar-refractivity contribution in [3.63, 3.8) is 0 Å². The normalized spacial score (nSPS) is 11.3. The van der Waals surface area contributed by atoms with Crippen molar-refractivity contribution in [2.24, 2.45) is 0 Å². The predicted molar refractivity (Wildman–Crippen MR) is 95.3 cm³/mol. The molecular formula is C20H14I2S2+2. The molecule has 0 unspecified atom stereocenters. The second kappa shape index (κ2) is 8.12. The first kappa shape index (κ1) is 16.8. The second-order valence-electron chi connectivity index (χ2n) is 4.98. The number of rotatable bonds is 2. The summed E-state index contributed by atoms with van der Waals surface area (Å²) in [4.78, 5) is 0. The maximum absolute atomic E-state index is 2.27. The highest BCUT2D eigenvalue weighted by Crippen LogP contribution is 2.21. The van der Waals surface area contributed by atoms with E-state index >= 15 is 0 Å². The van der Waals surface area contributed by atoms with Crippen LogP contribution in [0.5, 0.6) is 0 Å². The third-order valence-electron chi connectivity index (χ3n) is 3.40. The summed E-state index contributed by atoms with van der Waals surface area (Å²) in [5, 5.41) is 4.31. The Balaban J connectivity index is 0.000000123. The molecule has 2 aromatic heterocycles. The van der Waals surface area contributed by atoms with Crippen LogP contribution < -0.4 is 42.4 Å². The van der Waals surface area contributed by atoms with Crippen molar-refractivity contribution in [1.29, 1.82) is 0 Å². The van der Waals surface area contributed by atoms with Crippen LogP contribution in [-0.2, 0) is 0 Å². The molecule has 1 aliphatic rings. The highest BCUT2D eigenvalue weighted by molar-refractivity contribution is 7.08. The molecule has 0 spiro atoms. The van der Waals surface area contributed by atoms with Crippen LogP contribution in [0.3, 0.4) is 0 Å². The van der Waals surface area contributed by atoms with Crippen LogP contribution in [0.4, 0.5) is 0 Å². The van der Waals surface area contributed by atoms with Gasteiger partial charge in [0.15, 0.2) is 0 Å². The zero-order chi connectivity index (χ0) is 16.2. The van der Waals surface area contributed by atoms with Gasteiger partial charge in [-0.1, -0.05) is 46.9 Å². The van der Waals surface area contributed by atoms with Crippen LogP contribution in [0.15, 0.2) is 83.6 Å². The number of benzene rings is 2. The van der Waals surface area contributed by atoms with Gasteiger partial charge in [-0.25, -0.2) is 0 Å². The SMILES string of the molecule is c1ccc2c(c1)[I+]c1ccccc1-2.c1csc([I+]c2cccs2)c1. The molecule has 1 aliphatic heterocycles. The van der Waals surface area contributed by atoms with E-state index < -0.39 is 0 Å². The van der Waals surface area contributed by atoms with E-state index in [0.717, 1.165) is 0 Å². The molecule has 0 amide bonds. The lowest BCUT2D eigenvalue weighted by atomic mass is 10.1. The minimum Gasteiger partial charge on any atom is -0.0962 e. The monoisotopic (exact) mass is 572 g/mol. The first-order valence-corrected chi connectivity index (χ1v) is 13.5. The van der Waals surface area contributed by atoms with Crippen LogP contribution in [0.1, 0.15) is 0 Å². The second-order valence-corrected chi connectivity index (χ2v) is 14.1. The molecule has 0 saturated carbocycles. The minimum atomic E-state index is 0.103. The van der Waals surface area contributed by atoms with Crippen molar-refractivity contribution < 1.29 is 42.4 Å². The summed E-state index contributed by atoms with van der Waals surface area (Å²) in [7, 11) is 0. The van der Waals surface area contributed by atoms with E-state index in [9.17, 15) is 0 Å². The third-order valence-corrected chi connectivity index (χ3v) is 12.1. The average molecular weight is 572 g/mol. The molecule has 4 aromatic rings. The number of halogens is 2. The number of thiophene rings is 2. The van der Waals surface area contributed by atoms with Crippen molar-refractivity contribution in [3.05, 3.63) is 96.5 Å². The lowest BCUT2D eigenvalue weighted by Gasteiger charge is -1.91. The Bertz CT molecular complexity index is 837. The molecule has 0 N–H and O–H groups in total. The molecular weight excluding hydrogens is 558 g/mol. The van der Waals surface area contributed by atoms with Gasteiger partial charge in [0.1, 0.15) is 0 Å². The van der Waals surface area contributed by atoms with Gasteiger partial charge in [0.05, 0.1) is 0 Å². The van der Waals surface area contributed by atoms with Crippen LogP contribution in [0.2, 0.25) is 0 Å². The summed E-state index contributed by atoms with van der Waals surface area (Å²) in [6.45, 7) is 0. The van der Waals surface area contributed by atoms with Crippen molar-refractivity contribution in [2.45, 2.75) is 0 Å². The highest BCUT2D eigenvalue weighted by Gasteiger charge is 2.31. The first-order valence-electron chi connectivity index (χ1n) is 7.45. The molecule has 3 heterocycles. The van der Waals surface area contributed by atoms with Gasteiger partial charge in [-0.3, -0.25) is 0 Å². The summed E-state index contributed by atoms with van der Waals surface area (Å²) in [6.07, 6.45) is 0. The largest absolute Gasteiger partial charge is 0.381 e. The van der Waals surface area contributed by atoms with Crippen molar-refractivity contribution in [1.82, 2.24) is 0 Å². The Morgan fingerprint density at radius 1 is 0.583 bits per heavy atom. The molecule has 4 heteroatoms. The molecule has 0 nitrogen and oxygen atoms in total. The van der Waals surface area contributed by atoms with Gasteiger partial charge in [-0.15, -0.1) is 0 Å². The van der Waals surface area contributed by atoms with Crippen LogP contribution in [-0.4, -0.2) is 0 Å². The standard InChI is InChI=1S/C12H8I.C8H6IS2/c1-3-7-11-9(5-1)10-6-2-4-8-12(10)13-11;1-3-7(10-5-1)9-8-4-2-6-11-8/h1-8H;1-6H/q2*+1. The fourth-order valence-corrected chi connectivity index (χ4v) is 10.6. The van der Waals surface area contributed by atoms with E-state index in [0.29, 0.717) is 0 Å². The highest BCUT2D eigenvalue weighted by atomic mass is 127. The fourth-order valence-electron chi connectivity index (χ4n) is 2.35. The van der Waals surface area contributed by atoms with Gasteiger partial charge in [0.2, 0.25) is 12.9 Å². The van der Waals surface area contributed by atoms with E-state index in [4.69, 9.17) is 0 Å². The molecule has 5 rings (SSSR count). The maximum atomic E-state index is 2.27. The van der Waals surface area contributed by atoms with Gasteiger partial charge in [0.25, 0.3) is 0 Å². The van der Waals surface area contributed by atoms with Gasteiger partial charge >= 0.3 is 42.4 Å².